The number of hydrogen-bond donors (Lipinski definition) is 0. The van der Waals surface area contributed by atoms with Gasteiger partial charge in [0.05, 0.1) is 34.6 Å². The standard InChI is InChI=1S/C19H23F3N4O3S/c1-11(24-30(28)19(2,3)4)13-9-12(20)10-14-15(13)23-18(25-5-7-29-8-6-25)26(16(14)27)17(21)22/h9-10,17H,5-8H2,1-4H3/b24-11-/t30-/m1/s1. The maximum atomic E-state index is 14.3. The van der Waals surface area contributed by atoms with Crippen molar-refractivity contribution in [2.75, 3.05) is 31.2 Å². The largest absolute Gasteiger partial charge is 0.378 e. The Balaban J connectivity index is 2.29. The Hall–Kier alpha value is -2.27. The smallest absolute Gasteiger partial charge is 0.324 e. The molecule has 0 saturated carbocycles. The molecule has 1 aliphatic heterocycles. The van der Waals surface area contributed by atoms with Gasteiger partial charge in [0.1, 0.15) is 16.8 Å². The summed E-state index contributed by atoms with van der Waals surface area (Å²) < 4.78 is 63.2. The van der Waals surface area contributed by atoms with Crippen molar-refractivity contribution in [3.05, 3.63) is 33.9 Å². The molecule has 1 aromatic heterocycles. The van der Waals surface area contributed by atoms with Crippen molar-refractivity contribution in [2.24, 2.45) is 4.40 Å². The first-order valence-corrected chi connectivity index (χ1v) is 10.5. The highest BCUT2D eigenvalue weighted by Gasteiger charge is 2.26. The fraction of sp³-hybridized carbons (Fsp3) is 0.526. The average molecular weight is 444 g/mol. The molecule has 2 heterocycles. The normalized spacial score (nSPS) is 17.1. The zero-order valence-electron chi connectivity index (χ0n) is 17.1. The molecule has 11 heteroatoms. The number of fused-ring (bicyclic) bond motifs is 1. The van der Waals surface area contributed by atoms with E-state index in [-0.39, 0.29) is 45.8 Å². The molecule has 0 bridgehead atoms. The van der Waals surface area contributed by atoms with Crippen molar-refractivity contribution in [1.29, 1.82) is 0 Å². The summed E-state index contributed by atoms with van der Waals surface area (Å²) in [5.74, 6) is -1.02. The number of rotatable bonds is 4. The summed E-state index contributed by atoms with van der Waals surface area (Å²) in [5.41, 5.74) is -0.688. The molecule has 1 saturated heterocycles. The monoisotopic (exact) mass is 444 g/mol. The van der Waals surface area contributed by atoms with Gasteiger partial charge in [-0.3, -0.25) is 4.79 Å². The van der Waals surface area contributed by atoms with Gasteiger partial charge in [-0.25, -0.2) is 18.2 Å². The van der Waals surface area contributed by atoms with Gasteiger partial charge in [0, 0.05) is 18.7 Å². The van der Waals surface area contributed by atoms with Gasteiger partial charge in [0.15, 0.2) is 0 Å². The molecule has 0 spiro atoms. The van der Waals surface area contributed by atoms with Crippen molar-refractivity contribution in [1.82, 2.24) is 9.55 Å². The molecule has 0 amide bonds. The van der Waals surface area contributed by atoms with Crippen LogP contribution in [0.4, 0.5) is 19.1 Å². The Kier molecular flexibility index (Phi) is 6.32. The van der Waals surface area contributed by atoms with Crippen LogP contribution in [0.25, 0.3) is 10.9 Å². The first-order chi connectivity index (χ1) is 14.0. The van der Waals surface area contributed by atoms with Crippen LogP contribution < -0.4 is 10.5 Å². The molecular formula is C19H23F3N4O3S. The number of alkyl halides is 2. The lowest BCUT2D eigenvalue weighted by Crippen LogP contribution is -2.41. The van der Waals surface area contributed by atoms with Crippen LogP contribution in [0.3, 0.4) is 0 Å². The molecule has 1 aliphatic rings. The predicted octanol–water partition coefficient (Wildman–Crippen LogP) is 3.04. The van der Waals surface area contributed by atoms with Gasteiger partial charge >= 0.3 is 6.55 Å². The van der Waals surface area contributed by atoms with Crippen molar-refractivity contribution in [3.8, 4) is 0 Å². The first kappa shape index (κ1) is 22.4. The molecule has 0 aliphatic carbocycles. The third-order valence-corrected chi connectivity index (χ3v) is 6.06. The highest BCUT2D eigenvalue weighted by Crippen LogP contribution is 2.25. The van der Waals surface area contributed by atoms with Gasteiger partial charge in [-0.1, -0.05) is 0 Å². The molecular weight excluding hydrogens is 421 g/mol. The molecule has 3 rings (SSSR count). The summed E-state index contributed by atoms with van der Waals surface area (Å²) >= 11 is 0. The highest BCUT2D eigenvalue weighted by atomic mass is 32.2. The van der Waals surface area contributed by atoms with Crippen LogP contribution in [0.1, 0.15) is 39.8 Å². The van der Waals surface area contributed by atoms with E-state index in [4.69, 9.17) is 4.74 Å². The van der Waals surface area contributed by atoms with E-state index in [0.717, 1.165) is 12.1 Å². The van der Waals surface area contributed by atoms with Crippen LogP contribution in [0.2, 0.25) is 0 Å². The third kappa shape index (κ3) is 4.41. The molecule has 0 radical (unpaired) electrons. The quantitative estimate of drug-likeness (QED) is 0.678. The number of anilines is 1. The average Bonchev–Trinajstić information content (AvgIpc) is 2.67. The second-order valence-corrected chi connectivity index (χ2v) is 9.76. The Morgan fingerprint density at radius 3 is 2.47 bits per heavy atom. The minimum atomic E-state index is -3.15. The minimum Gasteiger partial charge on any atom is -0.378 e. The molecule has 0 unspecified atom stereocenters. The minimum absolute atomic E-state index is 0.0342. The Morgan fingerprint density at radius 1 is 1.27 bits per heavy atom. The summed E-state index contributed by atoms with van der Waals surface area (Å²) in [7, 11) is -1.64. The van der Waals surface area contributed by atoms with Crippen LogP contribution in [-0.4, -0.2) is 50.5 Å². The van der Waals surface area contributed by atoms with Gasteiger partial charge in [-0.15, -0.1) is 0 Å². The van der Waals surface area contributed by atoms with E-state index < -0.39 is 33.7 Å². The Labute approximate surface area is 174 Å². The molecule has 1 aromatic carbocycles. The molecule has 164 valence electrons. The Bertz CT molecular complexity index is 1070. The number of nitrogens with zero attached hydrogens (tertiary/aromatic N) is 4. The van der Waals surface area contributed by atoms with Crippen LogP contribution in [0.5, 0.6) is 0 Å². The summed E-state index contributed by atoms with van der Waals surface area (Å²) in [6, 6.07) is 1.99. The predicted molar refractivity (Wildman–Crippen MR) is 110 cm³/mol. The molecule has 30 heavy (non-hydrogen) atoms. The lowest BCUT2D eigenvalue weighted by Gasteiger charge is -2.29. The van der Waals surface area contributed by atoms with E-state index >= 15 is 0 Å². The molecule has 1 atom stereocenters. The lowest BCUT2D eigenvalue weighted by atomic mass is 10.1. The number of benzene rings is 1. The fourth-order valence-electron chi connectivity index (χ4n) is 3.01. The SMILES string of the molecule is C/C(=N/[S@](=O)C(C)(C)C)c1cc(F)cc2c(=O)n(C(F)F)c(N3CCOCC3)nc12. The van der Waals surface area contributed by atoms with Gasteiger partial charge in [0.25, 0.3) is 5.56 Å². The molecule has 1 fully saturated rings. The summed E-state index contributed by atoms with van der Waals surface area (Å²) in [6.07, 6.45) is 0. The van der Waals surface area contributed by atoms with E-state index in [1.807, 2.05) is 0 Å². The number of aromatic nitrogens is 2. The van der Waals surface area contributed by atoms with E-state index in [1.54, 1.807) is 20.8 Å². The number of morpholine rings is 1. The van der Waals surface area contributed by atoms with Crippen molar-refractivity contribution in [3.63, 3.8) is 0 Å². The molecule has 2 aromatic rings. The zero-order valence-corrected chi connectivity index (χ0v) is 17.9. The lowest BCUT2D eigenvalue weighted by molar-refractivity contribution is 0.0649. The second kappa shape index (κ2) is 8.46. The van der Waals surface area contributed by atoms with Crippen molar-refractivity contribution in [2.45, 2.75) is 39.0 Å². The summed E-state index contributed by atoms with van der Waals surface area (Å²) in [5, 5.41) is -0.293. The fourth-order valence-corrected chi connectivity index (χ4v) is 3.63. The first-order valence-electron chi connectivity index (χ1n) is 9.35. The van der Waals surface area contributed by atoms with Gasteiger partial charge in [-0.2, -0.15) is 13.2 Å². The number of hydrogen-bond acceptors (Lipinski definition) is 5. The Morgan fingerprint density at radius 2 is 1.90 bits per heavy atom. The number of halogens is 3. The highest BCUT2D eigenvalue weighted by molar-refractivity contribution is 7.85. The van der Waals surface area contributed by atoms with E-state index in [2.05, 4.69) is 9.38 Å². The maximum Gasteiger partial charge on any atom is 0.324 e. The second-order valence-electron chi connectivity index (χ2n) is 7.85. The van der Waals surface area contributed by atoms with Gasteiger partial charge in [-0.05, 0) is 39.8 Å². The summed E-state index contributed by atoms with van der Waals surface area (Å²) in [4.78, 5) is 18.7. The van der Waals surface area contributed by atoms with Crippen molar-refractivity contribution >= 4 is 33.5 Å². The van der Waals surface area contributed by atoms with Crippen LogP contribution in [-0.2, 0) is 15.7 Å². The molecule has 0 N–H and O–H groups in total. The third-order valence-electron chi connectivity index (χ3n) is 4.57. The maximum absolute atomic E-state index is 14.3. The van der Waals surface area contributed by atoms with Crippen molar-refractivity contribution < 1.29 is 22.1 Å². The summed E-state index contributed by atoms with van der Waals surface area (Å²) in [6.45, 7) is 4.75. The molecule has 7 nitrogen and oxygen atoms in total. The number of ether oxygens (including phenoxy) is 1. The van der Waals surface area contributed by atoms with Gasteiger partial charge < -0.3 is 9.64 Å². The zero-order chi connectivity index (χ0) is 22.2. The van der Waals surface area contributed by atoms with Crippen LogP contribution in [0, 0.1) is 5.82 Å². The topological polar surface area (TPSA) is 76.8 Å². The van der Waals surface area contributed by atoms with E-state index in [1.165, 1.54) is 11.8 Å². The van der Waals surface area contributed by atoms with Gasteiger partial charge in [0.2, 0.25) is 5.95 Å². The van der Waals surface area contributed by atoms with Crippen LogP contribution >= 0.6 is 0 Å². The van der Waals surface area contributed by atoms with Crippen LogP contribution in [0.15, 0.2) is 21.3 Å². The van der Waals surface area contributed by atoms with E-state index in [9.17, 15) is 22.2 Å². The van der Waals surface area contributed by atoms with E-state index in [0.29, 0.717) is 13.2 Å².